The lowest BCUT2D eigenvalue weighted by molar-refractivity contribution is 0.379. The van der Waals surface area contributed by atoms with Gasteiger partial charge in [-0.2, -0.15) is 0 Å². The van der Waals surface area contributed by atoms with Crippen LogP contribution in [0, 0.1) is 0 Å². The first kappa shape index (κ1) is 12.1. The summed E-state index contributed by atoms with van der Waals surface area (Å²) in [4.78, 5) is 0. The Morgan fingerprint density at radius 3 is 1.80 bits per heavy atom. The summed E-state index contributed by atoms with van der Waals surface area (Å²) < 4.78 is 26.5. The third kappa shape index (κ3) is 2.52. The molecule has 0 saturated carbocycles. The van der Waals surface area contributed by atoms with Crippen LogP contribution in [-0.4, -0.2) is 21.3 Å². The highest BCUT2D eigenvalue weighted by atomic mass is 35.7. The Hall–Kier alpha value is -0.990. The first-order chi connectivity index (χ1) is 7.13. The molecule has 0 saturated heterocycles. The van der Waals surface area contributed by atoms with Crippen molar-refractivity contribution < 1.29 is 18.8 Å². The average Bonchev–Trinajstić information content (AvgIpc) is 2.26. The van der Waals surface area contributed by atoms with E-state index < -0.39 is 7.15 Å². The summed E-state index contributed by atoms with van der Waals surface area (Å²) in [6, 6.07) is 3.21. The van der Waals surface area contributed by atoms with Crippen molar-refractivity contribution in [3.05, 3.63) is 12.1 Å². The smallest absolute Gasteiger partial charge is 0.496 e. The van der Waals surface area contributed by atoms with Gasteiger partial charge in [-0.25, -0.2) is 0 Å². The van der Waals surface area contributed by atoms with Gasteiger partial charge in [-0.15, -0.1) is 0 Å². The van der Waals surface area contributed by atoms with Gasteiger partial charge in [-0.05, 0) is 4.57 Å². The Morgan fingerprint density at radius 1 is 1.07 bits per heavy atom. The summed E-state index contributed by atoms with van der Waals surface area (Å²) >= 11 is 5.57. The van der Waals surface area contributed by atoms with E-state index in [0.29, 0.717) is 22.6 Å². The van der Waals surface area contributed by atoms with Gasteiger partial charge in [-0.1, -0.05) is 0 Å². The van der Waals surface area contributed by atoms with Crippen molar-refractivity contribution in [1.82, 2.24) is 0 Å². The second kappa shape index (κ2) is 5.19. The molecule has 82 valence electrons. The second-order valence-electron chi connectivity index (χ2n) is 2.63. The van der Waals surface area contributed by atoms with Gasteiger partial charge in [0.1, 0.15) is 5.75 Å². The van der Waals surface area contributed by atoms with E-state index in [1.165, 1.54) is 21.3 Å². The molecule has 0 spiro atoms. The van der Waals surface area contributed by atoms with Crippen LogP contribution in [0.15, 0.2) is 12.1 Å². The highest BCUT2D eigenvalue weighted by molar-refractivity contribution is 7.80. The highest BCUT2D eigenvalue weighted by Gasteiger charge is 2.30. The van der Waals surface area contributed by atoms with Crippen LogP contribution in [0.5, 0.6) is 17.2 Å². The van der Waals surface area contributed by atoms with Crippen molar-refractivity contribution in [2.24, 2.45) is 0 Å². The van der Waals surface area contributed by atoms with Crippen LogP contribution in [-0.2, 0) is 4.57 Å². The summed E-state index contributed by atoms with van der Waals surface area (Å²) in [6.07, 6.45) is 0. The summed E-state index contributed by atoms with van der Waals surface area (Å²) in [5, 5.41) is 0.345. The van der Waals surface area contributed by atoms with E-state index in [0.717, 1.165) is 0 Å². The van der Waals surface area contributed by atoms with Crippen molar-refractivity contribution in [2.75, 3.05) is 21.3 Å². The molecular weight excluding hydrogens is 239 g/mol. The minimum Gasteiger partial charge on any atom is -0.496 e. The largest absolute Gasteiger partial charge is 0.502 e. The predicted octanol–water partition coefficient (Wildman–Crippen LogP) is 2.32. The molecule has 0 N–H and O–H groups in total. The minimum absolute atomic E-state index is 0.345. The SMILES string of the molecule is COc1cc(OC)c([P+](=O)Cl)c(OC)c1. The molecule has 4 nitrogen and oxygen atoms in total. The number of ether oxygens (including phenoxy) is 3. The van der Waals surface area contributed by atoms with E-state index in [2.05, 4.69) is 0 Å². The van der Waals surface area contributed by atoms with Crippen molar-refractivity contribution in [2.45, 2.75) is 0 Å². The molecule has 0 aliphatic heterocycles. The Labute approximate surface area is 93.7 Å². The third-order valence-corrected chi connectivity index (χ3v) is 3.16. The second-order valence-corrected chi connectivity index (χ2v) is 4.48. The average molecular weight is 250 g/mol. The molecule has 0 aromatic heterocycles. The molecule has 0 heterocycles. The molecule has 1 atom stereocenters. The number of rotatable bonds is 4. The summed E-state index contributed by atoms with van der Waals surface area (Å²) in [5.41, 5.74) is 0. The van der Waals surface area contributed by atoms with Crippen LogP contribution in [0.4, 0.5) is 0 Å². The van der Waals surface area contributed by atoms with Gasteiger partial charge >= 0.3 is 7.15 Å². The van der Waals surface area contributed by atoms with Crippen LogP contribution in [0.1, 0.15) is 0 Å². The van der Waals surface area contributed by atoms with Gasteiger partial charge in [0.15, 0.2) is 11.5 Å². The molecular formula is C9H11ClO4P+. The summed E-state index contributed by atoms with van der Waals surface area (Å²) in [5.74, 6) is 1.34. The maximum atomic E-state index is 11.3. The van der Waals surface area contributed by atoms with Crippen molar-refractivity contribution in [3.8, 4) is 17.2 Å². The van der Waals surface area contributed by atoms with E-state index >= 15 is 0 Å². The van der Waals surface area contributed by atoms with E-state index in [-0.39, 0.29) is 0 Å². The predicted molar refractivity (Wildman–Crippen MR) is 59.2 cm³/mol. The topological polar surface area (TPSA) is 44.8 Å². The maximum absolute atomic E-state index is 11.3. The normalized spacial score (nSPS) is 10.8. The quantitative estimate of drug-likeness (QED) is 0.768. The van der Waals surface area contributed by atoms with Crippen LogP contribution in [0.25, 0.3) is 0 Å². The molecule has 1 aromatic rings. The number of methoxy groups -OCH3 is 3. The zero-order valence-corrected chi connectivity index (χ0v) is 10.3. The van der Waals surface area contributed by atoms with Crippen molar-refractivity contribution in [3.63, 3.8) is 0 Å². The fourth-order valence-electron chi connectivity index (χ4n) is 1.16. The van der Waals surface area contributed by atoms with Crippen LogP contribution in [0.2, 0.25) is 0 Å². The standard InChI is InChI=1S/C9H11ClO4P/c1-12-6-4-7(13-2)9(15(10)11)8(5-6)14-3/h4-5H,1-3H3/q+1. The van der Waals surface area contributed by atoms with Crippen LogP contribution in [0.3, 0.4) is 0 Å². The number of halogens is 1. The molecule has 0 fully saturated rings. The maximum Gasteiger partial charge on any atom is 0.502 e. The molecule has 15 heavy (non-hydrogen) atoms. The van der Waals surface area contributed by atoms with Crippen molar-refractivity contribution in [1.29, 1.82) is 0 Å². The number of benzene rings is 1. The monoisotopic (exact) mass is 249 g/mol. The van der Waals surface area contributed by atoms with Gasteiger partial charge in [0.25, 0.3) is 5.30 Å². The highest BCUT2D eigenvalue weighted by Crippen LogP contribution is 2.38. The molecule has 0 aliphatic rings. The zero-order chi connectivity index (χ0) is 11.4. The third-order valence-electron chi connectivity index (χ3n) is 1.86. The van der Waals surface area contributed by atoms with E-state index in [4.69, 9.17) is 25.5 Å². The fourth-order valence-corrected chi connectivity index (χ4v) is 2.32. The molecule has 0 amide bonds. The van der Waals surface area contributed by atoms with E-state index in [1.807, 2.05) is 0 Å². The molecule has 0 radical (unpaired) electrons. The Morgan fingerprint density at radius 2 is 1.53 bits per heavy atom. The van der Waals surface area contributed by atoms with Crippen molar-refractivity contribution >= 4 is 23.7 Å². The molecule has 6 heteroatoms. The fraction of sp³-hybridized carbons (Fsp3) is 0.333. The van der Waals surface area contributed by atoms with Crippen LogP contribution >= 0.6 is 18.4 Å². The number of hydrogen-bond acceptors (Lipinski definition) is 4. The first-order valence-corrected chi connectivity index (χ1v) is 6.23. The minimum atomic E-state index is -2.05. The Bertz CT molecular complexity index is 355. The molecule has 1 unspecified atom stereocenters. The van der Waals surface area contributed by atoms with Crippen LogP contribution < -0.4 is 19.5 Å². The Balaban J connectivity index is 3.39. The van der Waals surface area contributed by atoms with E-state index in [1.54, 1.807) is 12.1 Å². The van der Waals surface area contributed by atoms with E-state index in [9.17, 15) is 4.57 Å². The van der Waals surface area contributed by atoms with Gasteiger partial charge in [0.05, 0.1) is 21.3 Å². The lowest BCUT2D eigenvalue weighted by Gasteiger charge is -2.07. The molecule has 1 aromatic carbocycles. The zero-order valence-electron chi connectivity index (χ0n) is 8.61. The molecule has 0 aliphatic carbocycles. The Kier molecular flexibility index (Phi) is 4.18. The summed E-state index contributed by atoms with van der Waals surface area (Å²) in [7, 11) is 2.40. The summed E-state index contributed by atoms with van der Waals surface area (Å²) in [6.45, 7) is 0. The number of hydrogen-bond donors (Lipinski definition) is 0. The lowest BCUT2D eigenvalue weighted by Crippen LogP contribution is -2.06. The van der Waals surface area contributed by atoms with Gasteiger partial charge in [0.2, 0.25) is 11.2 Å². The van der Waals surface area contributed by atoms with Gasteiger partial charge in [-0.3, -0.25) is 0 Å². The first-order valence-electron chi connectivity index (χ1n) is 4.07. The lowest BCUT2D eigenvalue weighted by atomic mass is 10.3. The molecule has 0 bridgehead atoms. The molecule has 1 rings (SSSR count). The van der Waals surface area contributed by atoms with Gasteiger partial charge in [0, 0.05) is 12.1 Å². The van der Waals surface area contributed by atoms with Gasteiger partial charge < -0.3 is 14.2 Å².